The van der Waals surface area contributed by atoms with Gasteiger partial charge in [0.1, 0.15) is 12.4 Å². The molecule has 1 aliphatic rings. The van der Waals surface area contributed by atoms with Crippen LogP contribution in [0.3, 0.4) is 0 Å². The lowest BCUT2D eigenvalue weighted by molar-refractivity contribution is 0.0622. The van der Waals surface area contributed by atoms with E-state index in [4.69, 9.17) is 21.1 Å². The molecule has 0 spiro atoms. The maximum atomic E-state index is 9.83. The van der Waals surface area contributed by atoms with Crippen LogP contribution < -0.4 is 4.74 Å². The molecule has 1 N–H and O–H groups in total. The van der Waals surface area contributed by atoms with Crippen LogP contribution in [0, 0.1) is 0 Å². The number of ether oxygens (including phenoxy) is 2. The quantitative estimate of drug-likeness (QED) is 0.864. The fourth-order valence-corrected chi connectivity index (χ4v) is 2.26. The van der Waals surface area contributed by atoms with Gasteiger partial charge in [0.25, 0.3) is 0 Å². The van der Waals surface area contributed by atoms with Crippen molar-refractivity contribution >= 4 is 11.6 Å². The van der Waals surface area contributed by atoms with Crippen molar-refractivity contribution in [2.24, 2.45) is 0 Å². The summed E-state index contributed by atoms with van der Waals surface area (Å²) < 4.78 is 11.0. The van der Waals surface area contributed by atoms with Crippen LogP contribution in [0.4, 0.5) is 0 Å². The van der Waals surface area contributed by atoms with Crippen molar-refractivity contribution in [3.63, 3.8) is 0 Å². The number of hydrogen-bond acceptors (Lipinski definition) is 3. The average Bonchev–Trinajstić information content (AvgIpc) is 2.87. The van der Waals surface area contributed by atoms with E-state index in [1.165, 1.54) is 0 Å². The second-order valence-corrected chi connectivity index (χ2v) is 5.07. The summed E-state index contributed by atoms with van der Waals surface area (Å²) in [5, 5.41) is 10.5. The van der Waals surface area contributed by atoms with Gasteiger partial charge >= 0.3 is 0 Å². The third kappa shape index (κ3) is 4.48. The van der Waals surface area contributed by atoms with Crippen LogP contribution >= 0.6 is 11.6 Å². The Balaban J connectivity index is 1.66. The van der Waals surface area contributed by atoms with Gasteiger partial charge in [0.05, 0.1) is 12.2 Å². The van der Waals surface area contributed by atoms with E-state index in [-0.39, 0.29) is 0 Å². The number of benzene rings is 1. The van der Waals surface area contributed by atoms with Crippen LogP contribution in [0.2, 0.25) is 5.02 Å². The first-order chi connectivity index (χ1) is 8.74. The Morgan fingerprint density at radius 1 is 1.50 bits per heavy atom. The topological polar surface area (TPSA) is 38.7 Å². The fraction of sp³-hybridized carbons (Fsp3) is 0.571. The van der Waals surface area contributed by atoms with E-state index in [1.54, 1.807) is 12.1 Å². The van der Waals surface area contributed by atoms with Crippen molar-refractivity contribution in [3.05, 3.63) is 29.3 Å². The Morgan fingerprint density at radius 3 is 3.11 bits per heavy atom. The van der Waals surface area contributed by atoms with E-state index >= 15 is 0 Å². The van der Waals surface area contributed by atoms with Gasteiger partial charge in [-0.1, -0.05) is 17.7 Å². The van der Waals surface area contributed by atoms with Crippen LogP contribution in [0.5, 0.6) is 5.75 Å². The normalized spacial score (nSPS) is 20.9. The molecule has 0 aliphatic carbocycles. The van der Waals surface area contributed by atoms with Crippen molar-refractivity contribution in [2.75, 3.05) is 13.2 Å². The van der Waals surface area contributed by atoms with E-state index in [0.29, 0.717) is 29.9 Å². The van der Waals surface area contributed by atoms with Gasteiger partial charge in [-0.25, -0.2) is 0 Å². The van der Waals surface area contributed by atoms with E-state index in [9.17, 15) is 5.11 Å². The zero-order valence-electron chi connectivity index (χ0n) is 10.3. The number of halogens is 1. The Morgan fingerprint density at radius 2 is 2.39 bits per heavy atom. The Bertz CT molecular complexity index is 364. The molecule has 1 aliphatic heterocycles. The first-order valence-electron chi connectivity index (χ1n) is 6.42. The molecule has 1 saturated heterocycles. The SMILES string of the molecule is OC(CCC1CCCO1)COc1cccc(Cl)c1. The summed E-state index contributed by atoms with van der Waals surface area (Å²) in [6.45, 7) is 1.16. The molecule has 3 nitrogen and oxygen atoms in total. The molecule has 1 aromatic rings. The molecule has 0 radical (unpaired) electrons. The average molecular weight is 271 g/mol. The van der Waals surface area contributed by atoms with Crippen molar-refractivity contribution in [1.29, 1.82) is 0 Å². The third-order valence-electron chi connectivity index (χ3n) is 3.08. The van der Waals surface area contributed by atoms with Gasteiger partial charge in [0.15, 0.2) is 0 Å². The van der Waals surface area contributed by atoms with Crippen LogP contribution in [0.15, 0.2) is 24.3 Å². The smallest absolute Gasteiger partial charge is 0.120 e. The number of rotatable bonds is 6. The molecule has 1 fully saturated rings. The molecule has 1 aromatic carbocycles. The third-order valence-corrected chi connectivity index (χ3v) is 3.32. The van der Waals surface area contributed by atoms with E-state index in [0.717, 1.165) is 25.9 Å². The summed E-state index contributed by atoms with van der Waals surface area (Å²) >= 11 is 5.85. The van der Waals surface area contributed by atoms with Crippen LogP contribution in [0.1, 0.15) is 25.7 Å². The zero-order valence-corrected chi connectivity index (χ0v) is 11.1. The maximum Gasteiger partial charge on any atom is 0.120 e. The lowest BCUT2D eigenvalue weighted by atomic mass is 10.1. The van der Waals surface area contributed by atoms with Gasteiger partial charge in [-0.05, 0) is 43.9 Å². The standard InChI is InChI=1S/C14H19ClO3/c15-11-3-1-4-14(9-11)18-10-12(16)6-7-13-5-2-8-17-13/h1,3-4,9,12-13,16H,2,5-8,10H2. The highest BCUT2D eigenvalue weighted by Crippen LogP contribution is 2.19. The largest absolute Gasteiger partial charge is 0.491 e. The lowest BCUT2D eigenvalue weighted by Gasteiger charge is -2.14. The Labute approximate surface area is 113 Å². The molecule has 18 heavy (non-hydrogen) atoms. The first-order valence-corrected chi connectivity index (χ1v) is 6.80. The minimum Gasteiger partial charge on any atom is -0.491 e. The second kappa shape index (κ2) is 6.98. The molecule has 2 rings (SSSR count). The van der Waals surface area contributed by atoms with Gasteiger partial charge in [-0.15, -0.1) is 0 Å². The predicted molar refractivity (Wildman–Crippen MR) is 71.2 cm³/mol. The second-order valence-electron chi connectivity index (χ2n) is 4.63. The molecular weight excluding hydrogens is 252 g/mol. The summed E-state index contributed by atoms with van der Waals surface area (Å²) in [6.07, 6.45) is 3.74. The van der Waals surface area contributed by atoms with E-state index < -0.39 is 6.10 Å². The summed E-state index contributed by atoms with van der Waals surface area (Å²) in [5.74, 6) is 0.693. The monoisotopic (exact) mass is 270 g/mol. The summed E-state index contributed by atoms with van der Waals surface area (Å²) in [7, 11) is 0. The molecule has 0 saturated carbocycles. The molecule has 0 aromatic heterocycles. The Hall–Kier alpha value is -0.770. The van der Waals surface area contributed by atoms with Gasteiger partial charge in [-0.2, -0.15) is 0 Å². The van der Waals surface area contributed by atoms with Gasteiger partial charge in [-0.3, -0.25) is 0 Å². The highest BCUT2D eigenvalue weighted by molar-refractivity contribution is 6.30. The molecule has 2 atom stereocenters. The van der Waals surface area contributed by atoms with Crippen LogP contribution in [-0.2, 0) is 4.74 Å². The number of aliphatic hydroxyl groups is 1. The number of aliphatic hydroxyl groups excluding tert-OH is 1. The fourth-order valence-electron chi connectivity index (χ4n) is 2.08. The summed E-state index contributed by atoms with van der Waals surface area (Å²) in [5.41, 5.74) is 0. The number of hydrogen-bond donors (Lipinski definition) is 1. The molecule has 1 heterocycles. The van der Waals surface area contributed by atoms with Crippen molar-refractivity contribution < 1.29 is 14.6 Å². The Kier molecular flexibility index (Phi) is 5.29. The van der Waals surface area contributed by atoms with Crippen molar-refractivity contribution in [2.45, 2.75) is 37.9 Å². The van der Waals surface area contributed by atoms with Crippen molar-refractivity contribution in [1.82, 2.24) is 0 Å². The summed E-state index contributed by atoms with van der Waals surface area (Å²) in [6, 6.07) is 7.20. The first kappa shape index (κ1) is 13.7. The molecule has 4 heteroatoms. The van der Waals surface area contributed by atoms with Gasteiger partial charge in [0.2, 0.25) is 0 Å². The van der Waals surface area contributed by atoms with Crippen molar-refractivity contribution in [3.8, 4) is 5.75 Å². The molecule has 2 unspecified atom stereocenters. The van der Waals surface area contributed by atoms with Crippen LogP contribution in [-0.4, -0.2) is 30.5 Å². The van der Waals surface area contributed by atoms with E-state index in [1.807, 2.05) is 12.1 Å². The predicted octanol–water partition coefficient (Wildman–Crippen LogP) is 3.04. The molecular formula is C14H19ClO3. The van der Waals surface area contributed by atoms with Gasteiger partial charge in [0, 0.05) is 11.6 Å². The van der Waals surface area contributed by atoms with Gasteiger partial charge < -0.3 is 14.6 Å². The minimum atomic E-state index is -0.451. The summed E-state index contributed by atoms with van der Waals surface area (Å²) in [4.78, 5) is 0. The van der Waals surface area contributed by atoms with Crippen LogP contribution in [0.25, 0.3) is 0 Å². The minimum absolute atomic E-state index is 0.299. The molecule has 100 valence electrons. The molecule has 0 amide bonds. The van der Waals surface area contributed by atoms with E-state index in [2.05, 4.69) is 0 Å². The molecule has 0 bridgehead atoms. The zero-order chi connectivity index (χ0) is 12.8. The highest BCUT2D eigenvalue weighted by Gasteiger charge is 2.17. The highest BCUT2D eigenvalue weighted by atomic mass is 35.5. The maximum absolute atomic E-state index is 9.83. The lowest BCUT2D eigenvalue weighted by Crippen LogP contribution is -2.19.